The molecule has 0 atom stereocenters. The van der Waals surface area contributed by atoms with Crippen molar-refractivity contribution in [1.82, 2.24) is 15.0 Å². The van der Waals surface area contributed by atoms with E-state index < -0.39 is 0 Å². The minimum absolute atomic E-state index is 0.298. The van der Waals surface area contributed by atoms with Gasteiger partial charge in [-0.3, -0.25) is 4.98 Å². The van der Waals surface area contributed by atoms with E-state index in [-0.39, 0.29) is 0 Å². The Hall–Kier alpha value is -1.68. The molecule has 0 saturated heterocycles. The van der Waals surface area contributed by atoms with E-state index in [9.17, 15) is 0 Å². The number of nitrogens with zero attached hydrogens (tertiary/aromatic N) is 4. The predicted octanol–water partition coefficient (Wildman–Crippen LogP) is 3.76. The Morgan fingerprint density at radius 3 is 2.62 bits per heavy atom. The highest BCUT2D eigenvalue weighted by atomic mass is 35.5. The van der Waals surface area contributed by atoms with Crippen molar-refractivity contribution in [3.8, 4) is 0 Å². The van der Waals surface area contributed by atoms with Crippen LogP contribution in [-0.4, -0.2) is 21.5 Å². The molecule has 0 spiro atoms. The lowest BCUT2D eigenvalue weighted by molar-refractivity contribution is 0.746. The number of hydrogen-bond donors (Lipinski definition) is 0. The molecule has 0 aliphatic rings. The molecule has 2 heterocycles. The van der Waals surface area contributed by atoms with Crippen LogP contribution in [0.3, 0.4) is 0 Å². The monoisotopic (exact) mass is 304 g/mol. The van der Waals surface area contributed by atoms with Crippen molar-refractivity contribution in [2.45, 2.75) is 39.1 Å². The zero-order chi connectivity index (χ0) is 15.2. The van der Waals surface area contributed by atoms with E-state index in [0.717, 1.165) is 36.0 Å². The van der Waals surface area contributed by atoms with Crippen molar-refractivity contribution in [3.05, 3.63) is 47.8 Å². The van der Waals surface area contributed by atoms with Crippen LogP contribution in [0, 0.1) is 0 Å². The van der Waals surface area contributed by atoms with Gasteiger partial charge in [0.05, 0.1) is 35.7 Å². The molecular weight excluding hydrogens is 284 g/mol. The first-order valence-corrected chi connectivity index (χ1v) is 7.75. The maximum Gasteiger partial charge on any atom is 0.131 e. The number of pyridine rings is 1. The van der Waals surface area contributed by atoms with Crippen LogP contribution in [0.15, 0.2) is 30.6 Å². The van der Waals surface area contributed by atoms with Gasteiger partial charge in [0.2, 0.25) is 0 Å². The summed E-state index contributed by atoms with van der Waals surface area (Å²) in [5.74, 6) is 1.52. The molecule has 2 rings (SSSR count). The summed E-state index contributed by atoms with van der Waals surface area (Å²) in [6, 6.07) is 5.94. The van der Waals surface area contributed by atoms with E-state index in [1.807, 2.05) is 30.6 Å². The van der Waals surface area contributed by atoms with Gasteiger partial charge in [0, 0.05) is 18.7 Å². The molecule has 0 radical (unpaired) electrons. The Kier molecular flexibility index (Phi) is 5.51. The number of rotatable bonds is 6. The molecule has 0 saturated carbocycles. The molecular formula is C16H21ClN4. The molecule has 2 aromatic heterocycles. The van der Waals surface area contributed by atoms with Crippen LogP contribution < -0.4 is 4.90 Å². The molecule has 0 amide bonds. The molecule has 0 N–H and O–H groups in total. The third-order valence-electron chi connectivity index (χ3n) is 3.31. The fourth-order valence-electron chi connectivity index (χ4n) is 2.12. The second kappa shape index (κ2) is 7.36. The van der Waals surface area contributed by atoms with E-state index in [1.54, 1.807) is 0 Å². The Bertz CT molecular complexity index is 572. The van der Waals surface area contributed by atoms with E-state index in [0.29, 0.717) is 11.8 Å². The van der Waals surface area contributed by atoms with Gasteiger partial charge < -0.3 is 4.90 Å². The van der Waals surface area contributed by atoms with Crippen LogP contribution in [0.4, 0.5) is 5.69 Å². The standard InChI is InChI=1S/C16H21ClN4/c1-4-21(11-13-7-5-6-8-18-13)15-10-19-16(12(2)3)20-14(15)9-17/h5-8,10,12H,4,9,11H2,1-3H3. The summed E-state index contributed by atoms with van der Waals surface area (Å²) in [6.07, 6.45) is 3.69. The molecule has 0 unspecified atom stereocenters. The number of aromatic nitrogens is 3. The van der Waals surface area contributed by atoms with Crippen molar-refractivity contribution in [2.75, 3.05) is 11.4 Å². The maximum atomic E-state index is 6.08. The average Bonchev–Trinajstić information content (AvgIpc) is 2.53. The molecule has 0 bridgehead atoms. The maximum absolute atomic E-state index is 6.08. The first kappa shape index (κ1) is 15.7. The fourth-order valence-corrected chi connectivity index (χ4v) is 2.32. The van der Waals surface area contributed by atoms with Crippen molar-refractivity contribution < 1.29 is 0 Å². The summed E-state index contributed by atoms with van der Waals surface area (Å²) >= 11 is 6.08. The smallest absolute Gasteiger partial charge is 0.131 e. The van der Waals surface area contributed by atoms with Crippen molar-refractivity contribution in [3.63, 3.8) is 0 Å². The number of hydrogen-bond acceptors (Lipinski definition) is 4. The summed E-state index contributed by atoms with van der Waals surface area (Å²) in [5, 5.41) is 0. The fraction of sp³-hybridized carbons (Fsp3) is 0.438. The molecule has 0 fully saturated rings. The number of halogens is 1. The van der Waals surface area contributed by atoms with Crippen LogP contribution in [0.2, 0.25) is 0 Å². The molecule has 2 aromatic rings. The van der Waals surface area contributed by atoms with Gasteiger partial charge in [-0.25, -0.2) is 9.97 Å². The van der Waals surface area contributed by atoms with Crippen molar-refractivity contribution in [2.24, 2.45) is 0 Å². The zero-order valence-electron chi connectivity index (χ0n) is 12.8. The van der Waals surface area contributed by atoms with Gasteiger partial charge >= 0.3 is 0 Å². The molecule has 5 heteroatoms. The minimum atomic E-state index is 0.298. The second-order valence-electron chi connectivity index (χ2n) is 5.18. The largest absolute Gasteiger partial charge is 0.363 e. The first-order chi connectivity index (χ1) is 10.2. The third kappa shape index (κ3) is 3.91. The van der Waals surface area contributed by atoms with Crippen LogP contribution in [-0.2, 0) is 12.4 Å². The van der Waals surface area contributed by atoms with Crippen molar-refractivity contribution in [1.29, 1.82) is 0 Å². The summed E-state index contributed by atoms with van der Waals surface area (Å²) in [7, 11) is 0. The van der Waals surface area contributed by atoms with Crippen LogP contribution >= 0.6 is 11.6 Å². The average molecular weight is 305 g/mol. The quantitative estimate of drug-likeness (QED) is 0.762. The first-order valence-electron chi connectivity index (χ1n) is 7.22. The molecule has 0 aliphatic heterocycles. The SMILES string of the molecule is CCN(Cc1ccccn1)c1cnc(C(C)C)nc1CCl. The summed E-state index contributed by atoms with van der Waals surface area (Å²) in [6.45, 7) is 7.85. The van der Waals surface area contributed by atoms with Gasteiger partial charge in [-0.2, -0.15) is 0 Å². The van der Waals surface area contributed by atoms with Gasteiger partial charge in [0.25, 0.3) is 0 Å². The predicted molar refractivity (Wildman–Crippen MR) is 86.6 cm³/mol. The lowest BCUT2D eigenvalue weighted by Gasteiger charge is -2.24. The molecule has 112 valence electrons. The normalized spacial score (nSPS) is 10.9. The summed E-state index contributed by atoms with van der Waals surface area (Å²) in [5.41, 5.74) is 2.89. The highest BCUT2D eigenvalue weighted by Crippen LogP contribution is 2.23. The van der Waals surface area contributed by atoms with Crippen LogP contribution in [0.5, 0.6) is 0 Å². The summed E-state index contributed by atoms with van der Waals surface area (Å²) < 4.78 is 0. The zero-order valence-corrected chi connectivity index (χ0v) is 13.5. The Morgan fingerprint density at radius 2 is 2.05 bits per heavy atom. The van der Waals surface area contributed by atoms with E-state index >= 15 is 0 Å². The van der Waals surface area contributed by atoms with Gasteiger partial charge in [-0.1, -0.05) is 19.9 Å². The van der Waals surface area contributed by atoms with Crippen LogP contribution in [0.25, 0.3) is 0 Å². The van der Waals surface area contributed by atoms with Gasteiger partial charge in [0.15, 0.2) is 0 Å². The Morgan fingerprint density at radius 1 is 1.24 bits per heavy atom. The minimum Gasteiger partial charge on any atom is -0.363 e. The Balaban J connectivity index is 2.29. The van der Waals surface area contributed by atoms with E-state index in [4.69, 9.17) is 11.6 Å². The lowest BCUT2D eigenvalue weighted by atomic mass is 10.2. The highest BCUT2D eigenvalue weighted by molar-refractivity contribution is 6.17. The number of anilines is 1. The Labute approximate surface area is 131 Å². The van der Waals surface area contributed by atoms with Gasteiger partial charge in [-0.15, -0.1) is 11.6 Å². The van der Waals surface area contributed by atoms with Gasteiger partial charge in [0.1, 0.15) is 5.82 Å². The lowest BCUT2D eigenvalue weighted by Crippen LogP contribution is -2.24. The molecule has 21 heavy (non-hydrogen) atoms. The topological polar surface area (TPSA) is 41.9 Å². The van der Waals surface area contributed by atoms with E-state index in [1.165, 1.54) is 0 Å². The molecule has 0 aliphatic carbocycles. The third-order valence-corrected chi connectivity index (χ3v) is 3.56. The van der Waals surface area contributed by atoms with Crippen LogP contribution in [0.1, 0.15) is 43.9 Å². The van der Waals surface area contributed by atoms with Crippen molar-refractivity contribution >= 4 is 17.3 Å². The second-order valence-corrected chi connectivity index (χ2v) is 5.45. The highest BCUT2D eigenvalue weighted by Gasteiger charge is 2.14. The molecule has 0 aromatic carbocycles. The number of alkyl halides is 1. The molecule has 4 nitrogen and oxygen atoms in total. The summed E-state index contributed by atoms with van der Waals surface area (Å²) in [4.78, 5) is 15.6. The van der Waals surface area contributed by atoms with E-state index in [2.05, 4.69) is 40.6 Å². The van der Waals surface area contributed by atoms with Gasteiger partial charge in [-0.05, 0) is 19.1 Å².